The van der Waals surface area contributed by atoms with Crippen LogP contribution >= 0.6 is 0 Å². The number of hydrogen-bond acceptors (Lipinski definition) is 3. The zero-order valence-electron chi connectivity index (χ0n) is 11.9. The molecule has 2 rings (SSSR count). The van der Waals surface area contributed by atoms with Crippen molar-refractivity contribution in [3.8, 4) is 0 Å². The quantitative estimate of drug-likeness (QED) is 0.851. The Morgan fingerprint density at radius 1 is 1.24 bits per heavy atom. The van der Waals surface area contributed by atoms with E-state index in [1.165, 1.54) is 18.3 Å². The number of pyridine rings is 1. The first-order valence-electron chi connectivity index (χ1n) is 6.81. The first kappa shape index (κ1) is 15.0. The van der Waals surface area contributed by atoms with Gasteiger partial charge >= 0.3 is 0 Å². The standard InChI is InChI=1S/C16H18N2O3/c1-2-21-11-13-5-3-4-12(8-13)9-18-16(20)14-6-7-15(19)17-10-14/h3-8,10H,2,9,11H2,1H3,(H,17,19)(H,18,20). The van der Waals surface area contributed by atoms with E-state index >= 15 is 0 Å². The summed E-state index contributed by atoms with van der Waals surface area (Å²) < 4.78 is 5.36. The molecule has 0 saturated heterocycles. The zero-order valence-corrected chi connectivity index (χ0v) is 11.9. The lowest BCUT2D eigenvalue weighted by atomic mass is 10.1. The summed E-state index contributed by atoms with van der Waals surface area (Å²) >= 11 is 0. The van der Waals surface area contributed by atoms with Crippen molar-refractivity contribution in [2.75, 3.05) is 6.61 Å². The van der Waals surface area contributed by atoms with E-state index in [2.05, 4.69) is 10.3 Å². The van der Waals surface area contributed by atoms with Gasteiger partial charge in [-0.15, -0.1) is 0 Å². The molecule has 0 aliphatic carbocycles. The summed E-state index contributed by atoms with van der Waals surface area (Å²) in [6.07, 6.45) is 1.41. The van der Waals surface area contributed by atoms with Crippen molar-refractivity contribution in [3.05, 3.63) is 69.6 Å². The highest BCUT2D eigenvalue weighted by Gasteiger charge is 2.05. The van der Waals surface area contributed by atoms with E-state index in [1.807, 2.05) is 31.2 Å². The summed E-state index contributed by atoms with van der Waals surface area (Å²) in [6.45, 7) is 3.62. The summed E-state index contributed by atoms with van der Waals surface area (Å²) in [5.74, 6) is -0.221. The molecule has 5 heteroatoms. The lowest BCUT2D eigenvalue weighted by molar-refractivity contribution is 0.0950. The Kier molecular flexibility index (Phi) is 5.29. The molecule has 2 aromatic rings. The molecule has 0 aliphatic heterocycles. The second-order valence-electron chi connectivity index (χ2n) is 4.58. The lowest BCUT2D eigenvalue weighted by Crippen LogP contribution is -2.23. The molecule has 0 aliphatic rings. The molecule has 0 saturated carbocycles. The van der Waals surface area contributed by atoms with Gasteiger partial charge < -0.3 is 15.0 Å². The van der Waals surface area contributed by atoms with Gasteiger partial charge in [0.05, 0.1) is 12.2 Å². The fraction of sp³-hybridized carbons (Fsp3) is 0.250. The molecule has 1 amide bonds. The van der Waals surface area contributed by atoms with Gasteiger partial charge in [-0.05, 0) is 24.1 Å². The number of rotatable bonds is 6. The van der Waals surface area contributed by atoms with Crippen LogP contribution in [0.1, 0.15) is 28.4 Å². The van der Waals surface area contributed by atoms with E-state index in [4.69, 9.17) is 4.74 Å². The first-order chi connectivity index (χ1) is 10.2. The molecule has 0 radical (unpaired) electrons. The molecular formula is C16H18N2O3. The van der Waals surface area contributed by atoms with Gasteiger partial charge in [0.25, 0.3) is 5.91 Å². The average molecular weight is 286 g/mol. The SMILES string of the molecule is CCOCc1cccc(CNC(=O)c2ccc(=O)[nH]c2)c1. The van der Waals surface area contributed by atoms with Crippen LogP contribution in [0.5, 0.6) is 0 Å². The zero-order chi connectivity index (χ0) is 15.1. The van der Waals surface area contributed by atoms with Crippen molar-refractivity contribution in [1.82, 2.24) is 10.3 Å². The average Bonchev–Trinajstić information content (AvgIpc) is 2.52. The van der Waals surface area contributed by atoms with Crippen LogP contribution in [-0.2, 0) is 17.9 Å². The van der Waals surface area contributed by atoms with Gasteiger partial charge in [0.1, 0.15) is 0 Å². The number of amides is 1. The molecule has 2 N–H and O–H groups in total. The third-order valence-electron chi connectivity index (χ3n) is 2.96. The van der Waals surface area contributed by atoms with Gasteiger partial charge in [0, 0.05) is 25.4 Å². The molecule has 1 heterocycles. The van der Waals surface area contributed by atoms with Crippen molar-refractivity contribution < 1.29 is 9.53 Å². The third-order valence-corrected chi connectivity index (χ3v) is 2.96. The highest BCUT2D eigenvalue weighted by Crippen LogP contribution is 2.07. The summed E-state index contributed by atoms with van der Waals surface area (Å²) in [7, 11) is 0. The maximum absolute atomic E-state index is 11.9. The Labute approximate surface area is 123 Å². The first-order valence-corrected chi connectivity index (χ1v) is 6.81. The van der Waals surface area contributed by atoms with Gasteiger partial charge in [-0.1, -0.05) is 24.3 Å². The maximum atomic E-state index is 11.9. The van der Waals surface area contributed by atoms with Gasteiger partial charge in [-0.3, -0.25) is 9.59 Å². The number of carbonyl (C=O) groups is 1. The largest absolute Gasteiger partial charge is 0.377 e. The van der Waals surface area contributed by atoms with E-state index in [1.54, 1.807) is 0 Å². The van der Waals surface area contributed by atoms with E-state index in [-0.39, 0.29) is 11.5 Å². The highest BCUT2D eigenvalue weighted by atomic mass is 16.5. The Hall–Kier alpha value is -2.40. The van der Waals surface area contributed by atoms with Crippen LogP contribution in [0.3, 0.4) is 0 Å². The van der Waals surface area contributed by atoms with Crippen LogP contribution in [0.4, 0.5) is 0 Å². The summed E-state index contributed by atoms with van der Waals surface area (Å²) in [6, 6.07) is 10.7. The molecule has 0 fully saturated rings. The second kappa shape index (κ2) is 7.40. The van der Waals surface area contributed by atoms with E-state index in [9.17, 15) is 9.59 Å². The topological polar surface area (TPSA) is 71.2 Å². The van der Waals surface area contributed by atoms with Crippen LogP contribution in [0.25, 0.3) is 0 Å². The number of H-pyrrole nitrogens is 1. The Morgan fingerprint density at radius 2 is 2.05 bits per heavy atom. The number of hydrogen-bond donors (Lipinski definition) is 2. The normalized spacial score (nSPS) is 10.3. The molecule has 0 bridgehead atoms. The Balaban J connectivity index is 1.94. The molecular weight excluding hydrogens is 268 g/mol. The van der Waals surface area contributed by atoms with Gasteiger partial charge in [0.15, 0.2) is 0 Å². The molecule has 1 aromatic heterocycles. The van der Waals surface area contributed by atoms with Crippen LogP contribution in [-0.4, -0.2) is 17.5 Å². The number of aromatic nitrogens is 1. The number of ether oxygens (including phenoxy) is 1. The van der Waals surface area contributed by atoms with Gasteiger partial charge in [0.2, 0.25) is 5.56 Å². The Morgan fingerprint density at radius 3 is 2.76 bits per heavy atom. The van der Waals surface area contributed by atoms with Crippen LogP contribution in [0.2, 0.25) is 0 Å². The minimum atomic E-state index is -0.227. The van der Waals surface area contributed by atoms with Crippen molar-refractivity contribution in [2.45, 2.75) is 20.1 Å². The minimum Gasteiger partial charge on any atom is -0.377 e. The van der Waals surface area contributed by atoms with Crippen molar-refractivity contribution in [1.29, 1.82) is 0 Å². The smallest absolute Gasteiger partial charge is 0.253 e. The van der Waals surface area contributed by atoms with Crippen LogP contribution in [0.15, 0.2) is 47.4 Å². The fourth-order valence-corrected chi connectivity index (χ4v) is 1.89. The monoisotopic (exact) mass is 286 g/mol. The predicted octanol–water partition coefficient (Wildman–Crippen LogP) is 1.84. The number of aromatic amines is 1. The number of benzene rings is 1. The molecule has 0 atom stereocenters. The minimum absolute atomic E-state index is 0.221. The number of carbonyl (C=O) groups excluding carboxylic acids is 1. The Bertz CT molecular complexity index is 644. The molecule has 0 unspecified atom stereocenters. The maximum Gasteiger partial charge on any atom is 0.253 e. The van der Waals surface area contributed by atoms with Crippen molar-refractivity contribution in [3.63, 3.8) is 0 Å². The molecule has 5 nitrogen and oxygen atoms in total. The van der Waals surface area contributed by atoms with Crippen molar-refractivity contribution >= 4 is 5.91 Å². The molecule has 21 heavy (non-hydrogen) atoms. The predicted molar refractivity (Wildman–Crippen MR) is 80.0 cm³/mol. The molecule has 110 valence electrons. The summed E-state index contributed by atoms with van der Waals surface area (Å²) in [5.41, 5.74) is 2.29. The van der Waals surface area contributed by atoms with Gasteiger partial charge in [-0.25, -0.2) is 0 Å². The molecule has 0 spiro atoms. The second-order valence-corrected chi connectivity index (χ2v) is 4.58. The van der Waals surface area contributed by atoms with Crippen LogP contribution < -0.4 is 10.9 Å². The highest BCUT2D eigenvalue weighted by molar-refractivity contribution is 5.93. The van der Waals surface area contributed by atoms with Crippen LogP contribution in [0, 0.1) is 0 Å². The van der Waals surface area contributed by atoms with Crippen molar-refractivity contribution in [2.24, 2.45) is 0 Å². The fourth-order valence-electron chi connectivity index (χ4n) is 1.89. The third kappa shape index (κ3) is 4.57. The summed E-state index contributed by atoms with van der Waals surface area (Å²) in [4.78, 5) is 25.4. The summed E-state index contributed by atoms with van der Waals surface area (Å²) in [5, 5.41) is 2.82. The van der Waals surface area contributed by atoms with Gasteiger partial charge in [-0.2, -0.15) is 0 Å². The lowest BCUT2D eigenvalue weighted by Gasteiger charge is -2.07. The van der Waals surface area contributed by atoms with E-state index in [0.29, 0.717) is 25.3 Å². The number of nitrogens with one attached hydrogen (secondary N) is 2. The van der Waals surface area contributed by atoms with E-state index < -0.39 is 0 Å². The van der Waals surface area contributed by atoms with E-state index in [0.717, 1.165) is 11.1 Å². The molecule has 1 aromatic carbocycles.